The van der Waals surface area contributed by atoms with E-state index in [1.54, 1.807) is 7.11 Å². The minimum Gasteiger partial charge on any atom is -0.497 e. The summed E-state index contributed by atoms with van der Waals surface area (Å²) in [6.45, 7) is 12.2. The van der Waals surface area contributed by atoms with Gasteiger partial charge in [-0.15, -0.1) is 0 Å². The van der Waals surface area contributed by atoms with Gasteiger partial charge in [-0.05, 0) is 48.6 Å². The zero-order valence-corrected chi connectivity index (χ0v) is 12.6. The topological polar surface area (TPSA) is 21.3 Å². The molecule has 0 spiro atoms. The Hall–Kier alpha value is -1.02. The van der Waals surface area contributed by atoms with E-state index >= 15 is 0 Å². The predicted molar refractivity (Wildman–Crippen MR) is 78.2 cm³/mol. The van der Waals surface area contributed by atoms with Crippen LogP contribution in [-0.2, 0) is 0 Å². The number of benzene rings is 1. The van der Waals surface area contributed by atoms with Gasteiger partial charge in [-0.25, -0.2) is 0 Å². The first kappa shape index (κ1) is 15.0. The Labute approximate surface area is 112 Å². The quantitative estimate of drug-likeness (QED) is 0.824. The highest BCUT2D eigenvalue weighted by Gasteiger charge is 2.22. The molecule has 0 aliphatic rings. The van der Waals surface area contributed by atoms with Gasteiger partial charge in [0.2, 0.25) is 0 Å². The van der Waals surface area contributed by atoms with E-state index in [1.807, 2.05) is 0 Å². The fourth-order valence-electron chi connectivity index (χ4n) is 2.31. The lowest BCUT2D eigenvalue weighted by molar-refractivity contribution is 0.306. The lowest BCUT2D eigenvalue weighted by Crippen LogP contribution is -2.30. The number of hydrogen-bond acceptors (Lipinski definition) is 2. The molecule has 0 saturated heterocycles. The van der Waals surface area contributed by atoms with Crippen molar-refractivity contribution in [1.82, 2.24) is 5.32 Å². The molecule has 0 amide bonds. The predicted octanol–water partition coefficient (Wildman–Crippen LogP) is 3.95. The molecule has 2 atom stereocenters. The van der Waals surface area contributed by atoms with Crippen molar-refractivity contribution in [3.05, 3.63) is 29.3 Å². The number of nitrogens with one attached hydrogen (secondary N) is 1. The molecule has 0 heterocycles. The zero-order chi connectivity index (χ0) is 13.7. The molecule has 1 aromatic carbocycles. The fourth-order valence-corrected chi connectivity index (χ4v) is 2.31. The highest BCUT2D eigenvalue weighted by atomic mass is 16.5. The molecule has 2 unspecified atom stereocenters. The smallest absolute Gasteiger partial charge is 0.119 e. The number of hydrogen-bond donors (Lipinski definition) is 1. The largest absolute Gasteiger partial charge is 0.497 e. The van der Waals surface area contributed by atoms with Crippen LogP contribution in [0.1, 0.15) is 44.9 Å². The lowest BCUT2D eigenvalue weighted by Gasteiger charge is -2.29. The van der Waals surface area contributed by atoms with Crippen LogP contribution in [-0.4, -0.2) is 13.7 Å². The van der Waals surface area contributed by atoms with Crippen molar-refractivity contribution >= 4 is 0 Å². The molecule has 18 heavy (non-hydrogen) atoms. The maximum Gasteiger partial charge on any atom is 0.119 e. The van der Waals surface area contributed by atoms with Crippen LogP contribution in [0, 0.1) is 18.8 Å². The molecule has 0 fully saturated rings. The third kappa shape index (κ3) is 3.49. The van der Waals surface area contributed by atoms with Crippen LogP contribution < -0.4 is 10.1 Å². The number of ether oxygens (including phenoxy) is 1. The van der Waals surface area contributed by atoms with Crippen molar-refractivity contribution in [3.8, 4) is 5.75 Å². The van der Waals surface area contributed by atoms with Gasteiger partial charge in [-0.1, -0.05) is 33.8 Å². The average molecular weight is 249 g/mol. The summed E-state index contributed by atoms with van der Waals surface area (Å²) in [5, 5.41) is 3.62. The van der Waals surface area contributed by atoms with Gasteiger partial charge in [0.1, 0.15) is 5.75 Å². The molecule has 0 radical (unpaired) electrons. The van der Waals surface area contributed by atoms with Crippen LogP contribution in [0.25, 0.3) is 0 Å². The van der Waals surface area contributed by atoms with E-state index in [-0.39, 0.29) is 0 Å². The SMILES string of the molecule is CCNC(c1ccc(OC)cc1C)C(C)C(C)C. The van der Waals surface area contributed by atoms with Gasteiger partial charge in [-0.3, -0.25) is 0 Å². The number of aryl methyl sites for hydroxylation is 1. The highest BCUT2D eigenvalue weighted by molar-refractivity contribution is 5.37. The van der Waals surface area contributed by atoms with Crippen molar-refractivity contribution in [1.29, 1.82) is 0 Å². The molecule has 1 aromatic rings. The normalized spacial score (nSPS) is 14.6. The van der Waals surface area contributed by atoms with Crippen molar-refractivity contribution in [2.75, 3.05) is 13.7 Å². The summed E-state index contributed by atoms with van der Waals surface area (Å²) in [6.07, 6.45) is 0. The van der Waals surface area contributed by atoms with Gasteiger partial charge in [-0.2, -0.15) is 0 Å². The second-order valence-corrected chi connectivity index (χ2v) is 5.36. The standard InChI is InChI=1S/C16H27NO/c1-7-17-16(13(5)11(2)3)15-9-8-14(18-6)10-12(15)4/h8-11,13,16-17H,7H2,1-6H3. The Kier molecular flexibility index (Phi) is 5.67. The van der Waals surface area contributed by atoms with Crippen LogP contribution >= 0.6 is 0 Å². The number of methoxy groups -OCH3 is 1. The Bertz CT molecular complexity index is 373. The van der Waals surface area contributed by atoms with Gasteiger partial charge in [0.15, 0.2) is 0 Å². The molecule has 2 heteroatoms. The van der Waals surface area contributed by atoms with E-state index in [4.69, 9.17) is 4.74 Å². The van der Waals surface area contributed by atoms with Crippen molar-refractivity contribution < 1.29 is 4.74 Å². The van der Waals surface area contributed by atoms with Crippen LogP contribution in [0.2, 0.25) is 0 Å². The maximum atomic E-state index is 5.28. The third-order valence-electron chi connectivity index (χ3n) is 3.81. The van der Waals surface area contributed by atoms with Crippen molar-refractivity contribution in [3.63, 3.8) is 0 Å². The summed E-state index contributed by atoms with van der Waals surface area (Å²) >= 11 is 0. The van der Waals surface area contributed by atoms with E-state index in [1.165, 1.54) is 11.1 Å². The Morgan fingerprint density at radius 1 is 1.22 bits per heavy atom. The van der Waals surface area contributed by atoms with Crippen molar-refractivity contribution in [2.45, 2.75) is 40.7 Å². The first-order valence-electron chi connectivity index (χ1n) is 6.89. The van der Waals surface area contributed by atoms with Gasteiger partial charge in [0.05, 0.1) is 7.11 Å². The fraction of sp³-hybridized carbons (Fsp3) is 0.625. The Morgan fingerprint density at radius 3 is 2.33 bits per heavy atom. The second-order valence-electron chi connectivity index (χ2n) is 5.36. The molecule has 0 aliphatic heterocycles. The Balaban J connectivity index is 3.05. The van der Waals surface area contributed by atoms with Crippen LogP contribution in [0.15, 0.2) is 18.2 Å². The molecule has 1 rings (SSSR count). The molecule has 2 nitrogen and oxygen atoms in total. The molecular formula is C16H27NO. The Morgan fingerprint density at radius 2 is 1.89 bits per heavy atom. The van der Waals surface area contributed by atoms with Gasteiger partial charge in [0, 0.05) is 6.04 Å². The molecule has 1 N–H and O–H groups in total. The minimum atomic E-state index is 0.418. The van der Waals surface area contributed by atoms with E-state index < -0.39 is 0 Å². The molecule has 0 aliphatic carbocycles. The van der Waals surface area contributed by atoms with Gasteiger partial charge in [0.25, 0.3) is 0 Å². The van der Waals surface area contributed by atoms with E-state index in [0.717, 1.165) is 12.3 Å². The molecule has 0 saturated carbocycles. The molecule has 102 valence electrons. The molecule has 0 aromatic heterocycles. The summed E-state index contributed by atoms with van der Waals surface area (Å²) < 4.78 is 5.28. The summed E-state index contributed by atoms with van der Waals surface area (Å²) in [5.74, 6) is 2.20. The van der Waals surface area contributed by atoms with E-state index in [2.05, 4.69) is 58.1 Å². The summed E-state index contributed by atoms with van der Waals surface area (Å²) in [7, 11) is 1.72. The number of rotatable bonds is 6. The monoisotopic (exact) mass is 249 g/mol. The minimum absolute atomic E-state index is 0.418. The average Bonchev–Trinajstić information content (AvgIpc) is 2.35. The van der Waals surface area contributed by atoms with Gasteiger partial charge >= 0.3 is 0 Å². The van der Waals surface area contributed by atoms with Crippen LogP contribution in [0.3, 0.4) is 0 Å². The van der Waals surface area contributed by atoms with Crippen LogP contribution in [0.4, 0.5) is 0 Å². The zero-order valence-electron chi connectivity index (χ0n) is 12.6. The second kappa shape index (κ2) is 6.79. The summed E-state index contributed by atoms with van der Waals surface area (Å²) in [6, 6.07) is 6.79. The van der Waals surface area contributed by atoms with Crippen LogP contribution in [0.5, 0.6) is 5.75 Å². The maximum absolute atomic E-state index is 5.28. The summed E-state index contributed by atoms with van der Waals surface area (Å²) in [4.78, 5) is 0. The van der Waals surface area contributed by atoms with E-state index in [9.17, 15) is 0 Å². The molecule has 0 bridgehead atoms. The lowest BCUT2D eigenvalue weighted by atomic mass is 9.84. The summed E-state index contributed by atoms with van der Waals surface area (Å²) in [5.41, 5.74) is 2.69. The highest BCUT2D eigenvalue weighted by Crippen LogP contribution is 2.31. The van der Waals surface area contributed by atoms with Crippen molar-refractivity contribution in [2.24, 2.45) is 11.8 Å². The molecular weight excluding hydrogens is 222 g/mol. The van der Waals surface area contributed by atoms with Gasteiger partial charge < -0.3 is 10.1 Å². The third-order valence-corrected chi connectivity index (χ3v) is 3.81. The van der Waals surface area contributed by atoms with E-state index in [0.29, 0.717) is 17.9 Å². The first-order valence-corrected chi connectivity index (χ1v) is 6.89. The first-order chi connectivity index (χ1) is 8.51.